The van der Waals surface area contributed by atoms with Crippen molar-refractivity contribution in [3.8, 4) is 0 Å². The highest BCUT2D eigenvalue weighted by Gasteiger charge is 2.38. The van der Waals surface area contributed by atoms with Crippen LogP contribution in [0.5, 0.6) is 0 Å². The lowest BCUT2D eigenvalue weighted by Crippen LogP contribution is -2.20. The van der Waals surface area contributed by atoms with E-state index >= 15 is 0 Å². The van der Waals surface area contributed by atoms with E-state index in [1.807, 2.05) is 0 Å². The second-order valence-corrected chi connectivity index (χ2v) is 4.89. The largest absolute Gasteiger partial charge is 0.462 e. The molecule has 1 aromatic heterocycles. The van der Waals surface area contributed by atoms with Gasteiger partial charge in [-0.1, -0.05) is 0 Å². The SMILES string of the molecule is CCOC(=O)c1cc(S(N)(=O)=O)cnc1C(F)(F)F. The summed E-state index contributed by atoms with van der Waals surface area (Å²) in [6.45, 7) is 1.22. The number of hydrogen-bond donors (Lipinski definition) is 1. The van der Waals surface area contributed by atoms with Gasteiger partial charge in [0.1, 0.15) is 4.90 Å². The molecule has 0 atom stereocenters. The van der Waals surface area contributed by atoms with Crippen molar-refractivity contribution in [2.45, 2.75) is 18.0 Å². The molecule has 1 heterocycles. The highest BCUT2D eigenvalue weighted by molar-refractivity contribution is 7.89. The third-order valence-electron chi connectivity index (χ3n) is 1.95. The molecule has 0 spiro atoms. The number of primary sulfonamides is 1. The summed E-state index contributed by atoms with van der Waals surface area (Å²) in [5.74, 6) is -1.33. The second kappa shape index (κ2) is 5.13. The first kappa shape index (κ1) is 15.4. The first-order chi connectivity index (χ1) is 8.57. The molecule has 0 aliphatic heterocycles. The topological polar surface area (TPSA) is 99.4 Å². The van der Waals surface area contributed by atoms with Crippen LogP contribution in [-0.4, -0.2) is 26.0 Å². The Labute approximate surface area is 106 Å². The molecule has 0 aromatic carbocycles. The number of halogens is 3. The Morgan fingerprint density at radius 2 is 2.05 bits per heavy atom. The maximum Gasteiger partial charge on any atom is 0.434 e. The summed E-state index contributed by atoms with van der Waals surface area (Å²) in [7, 11) is -4.27. The number of sulfonamides is 1. The highest BCUT2D eigenvalue weighted by atomic mass is 32.2. The Morgan fingerprint density at radius 1 is 1.47 bits per heavy atom. The Bertz CT molecular complexity index is 598. The molecule has 0 saturated heterocycles. The predicted octanol–water partition coefficient (Wildman–Crippen LogP) is 0.925. The van der Waals surface area contributed by atoms with Gasteiger partial charge in [-0.15, -0.1) is 0 Å². The predicted molar refractivity (Wildman–Crippen MR) is 56.6 cm³/mol. The number of aromatic nitrogens is 1. The standard InChI is InChI=1S/C9H9F3N2O4S/c1-2-18-8(15)6-3-5(19(13,16)17)4-14-7(6)9(10,11)12/h3-4H,2H2,1H3,(H2,13,16,17). The molecule has 10 heteroatoms. The van der Waals surface area contributed by atoms with Crippen molar-refractivity contribution in [2.24, 2.45) is 5.14 Å². The van der Waals surface area contributed by atoms with Crippen LogP contribution < -0.4 is 5.14 Å². The van der Waals surface area contributed by atoms with Crippen LogP contribution in [0.3, 0.4) is 0 Å². The van der Waals surface area contributed by atoms with Crippen LogP contribution in [0, 0.1) is 0 Å². The lowest BCUT2D eigenvalue weighted by atomic mass is 10.2. The molecular formula is C9H9F3N2O4S. The summed E-state index contributed by atoms with van der Waals surface area (Å²) in [6.07, 6.45) is -4.49. The van der Waals surface area contributed by atoms with Crippen LogP contribution in [-0.2, 0) is 20.9 Å². The number of rotatable bonds is 3. The van der Waals surface area contributed by atoms with Gasteiger partial charge in [0.05, 0.1) is 12.2 Å². The van der Waals surface area contributed by atoms with E-state index < -0.39 is 38.3 Å². The van der Waals surface area contributed by atoms with Crippen LogP contribution in [0.4, 0.5) is 13.2 Å². The van der Waals surface area contributed by atoms with Crippen molar-refractivity contribution in [3.05, 3.63) is 23.5 Å². The molecular weight excluding hydrogens is 289 g/mol. The van der Waals surface area contributed by atoms with Crippen LogP contribution in [0.1, 0.15) is 23.0 Å². The lowest BCUT2D eigenvalue weighted by molar-refractivity contribution is -0.141. The Kier molecular flexibility index (Phi) is 4.15. The van der Waals surface area contributed by atoms with Crippen molar-refractivity contribution >= 4 is 16.0 Å². The number of ether oxygens (including phenoxy) is 1. The van der Waals surface area contributed by atoms with Gasteiger partial charge in [-0.05, 0) is 13.0 Å². The molecule has 0 amide bonds. The van der Waals surface area contributed by atoms with Gasteiger partial charge < -0.3 is 4.74 Å². The number of nitrogens with zero attached hydrogens (tertiary/aromatic N) is 1. The summed E-state index contributed by atoms with van der Waals surface area (Å²) in [4.78, 5) is 13.6. The number of carbonyl (C=O) groups excluding carboxylic acids is 1. The van der Waals surface area contributed by atoms with Gasteiger partial charge in [0.2, 0.25) is 10.0 Å². The summed E-state index contributed by atoms with van der Waals surface area (Å²) in [5, 5.41) is 4.76. The Balaban J connectivity index is 3.48. The smallest absolute Gasteiger partial charge is 0.434 e. The molecule has 0 fully saturated rings. The average molecular weight is 298 g/mol. The maximum atomic E-state index is 12.6. The van der Waals surface area contributed by atoms with Gasteiger partial charge in [0.15, 0.2) is 5.69 Å². The number of nitrogens with two attached hydrogens (primary N) is 1. The van der Waals surface area contributed by atoms with Gasteiger partial charge in [-0.3, -0.25) is 0 Å². The van der Waals surface area contributed by atoms with Crippen LogP contribution in [0.2, 0.25) is 0 Å². The van der Waals surface area contributed by atoms with Crippen molar-refractivity contribution in [1.29, 1.82) is 0 Å². The van der Waals surface area contributed by atoms with E-state index in [1.54, 1.807) is 0 Å². The summed E-state index contributed by atoms with van der Waals surface area (Å²) in [6, 6.07) is 0.489. The summed E-state index contributed by atoms with van der Waals surface area (Å²) >= 11 is 0. The first-order valence-corrected chi connectivity index (χ1v) is 6.39. The molecule has 1 rings (SSSR count). The third-order valence-corrected chi connectivity index (χ3v) is 2.84. The molecule has 6 nitrogen and oxygen atoms in total. The number of carbonyl (C=O) groups is 1. The van der Waals surface area contributed by atoms with E-state index in [4.69, 9.17) is 5.14 Å². The van der Waals surface area contributed by atoms with Gasteiger partial charge >= 0.3 is 12.1 Å². The zero-order valence-corrected chi connectivity index (χ0v) is 10.4. The fraction of sp³-hybridized carbons (Fsp3) is 0.333. The second-order valence-electron chi connectivity index (χ2n) is 3.33. The molecule has 2 N–H and O–H groups in total. The zero-order valence-electron chi connectivity index (χ0n) is 9.56. The van der Waals surface area contributed by atoms with Crippen molar-refractivity contribution in [3.63, 3.8) is 0 Å². The lowest BCUT2D eigenvalue weighted by Gasteiger charge is -2.11. The molecule has 0 aliphatic rings. The van der Waals surface area contributed by atoms with Crippen molar-refractivity contribution in [1.82, 2.24) is 4.98 Å². The molecule has 106 valence electrons. The van der Waals surface area contributed by atoms with Gasteiger partial charge in [0.25, 0.3) is 0 Å². The minimum atomic E-state index is -4.92. The van der Waals surface area contributed by atoms with Crippen molar-refractivity contribution in [2.75, 3.05) is 6.61 Å². The van der Waals surface area contributed by atoms with Crippen LogP contribution in [0.25, 0.3) is 0 Å². The quantitative estimate of drug-likeness (QED) is 0.837. The molecule has 0 saturated carbocycles. The normalized spacial score (nSPS) is 12.3. The van der Waals surface area contributed by atoms with Crippen LogP contribution in [0.15, 0.2) is 17.2 Å². The highest BCUT2D eigenvalue weighted by Crippen LogP contribution is 2.31. The maximum absolute atomic E-state index is 12.6. The fourth-order valence-electron chi connectivity index (χ4n) is 1.19. The fourth-order valence-corrected chi connectivity index (χ4v) is 1.67. The van der Waals surface area contributed by atoms with Gasteiger partial charge in [-0.2, -0.15) is 13.2 Å². The van der Waals surface area contributed by atoms with Crippen LogP contribution >= 0.6 is 0 Å². The zero-order chi connectivity index (χ0) is 14.8. The van der Waals surface area contributed by atoms with E-state index in [0.29, 0.717) is 12.3 Å². The Hall–Kier alpha value is -1.68. The molecule has 0 radical (unpaired) electrons. The third kappa shape index (κ3) is 3.64. The molecule has 0 unspecified atom stereocenters. The summed E-state index contributed by atoms with van der Waals surface area (Å²) < 4.78 is 64.4. The van der Waals surface area contributed by atoms with E-state index in [1.165, 1.54) is 6.92 Å². The van der Waals surface area contributed by atoms with E-state index in [2.05, 4.69) is 9.72 Å². The number of hydrogen-bond acceptors (Lipinski definition) is 5. The summed E-state index contributed by atoms with van der Waals surface area (Å²) in [5.41, 5.74) is -2.53. The number of alkyl halides is 3. The molecule has 19 heavy (non-hydrogen) atoms. The van der Waals surface area contributed by atoms with E-state index in [-0.39, 0.29) is 6.61 Å². The molecule has 0 aliphatic carbocycles. The number of esters is 1. The minimum Gasteiger partial charge on any atom is -0.462 e. The molecule has 0 bridgehead atoms. The number of pyridine rings is 1. The van der Waals surface area contributed by atoms with Gasteiger partial charge in [0, 0.05) is 6.20 Å². The molecule has 1 aromatic rings. The van der Waals surface area contributed by atoms with Crippen molar-refractivity contribution < 1.29 is 31.1 Å². The average Bonchev–Trinajstić information content (AvgIpc) is 2.26. The minimum absolute atomic E-state index is 0.171. The van der Waals surface area contributed by atoms with E-state index in [9.17, 15) is 26.4 Å². The monoisotopic (exact) mass is 298 g/mol. The first-order valence-electron chi connectivity index (χ1n) is 4.84. The van der Waals surface area contributed by atoms with Gasteiger partial charge in [-0.25, -0.2) is 23.3 Å². The Morgan fingerprint density at radius 3 is 2.47 bits per heavy atom. The van der Waals surface area contributed by atoms with E-state index in [0.717, 1.165) is 0 Å².